The van der Waals surface area contributed by atoms with Gasteiger partial charge in [-0.25, -0.2) is 13.4 Å². The van der Waals surface area contributed by atoms with Crippen molar-refractivity contribution in [2.45, 2.75) is 24.3 Å². The summed E-state index contributed by atoms with van der Waals surface area (Å²) in [6, 6.07) is 0. The summed E-state index contributed by atoms with van der Waals surface area (Å²) in [5, 5.41) is 0.0769. The van der Waals surface area contributed by atoms with Crippen LogP contribution in [0.1, 0.15) is 19.3 Å². The maximum atomic E-state index is 12.9. The second-order valence-corrected chi connectivity index (χ2v) is 9.23. The first-order valence-corrected chi connectivity index (χ1v) is 10.3. The fraction of sp³-hybridized carbons (Fsp3) is 0.647. The zero-order chi connectivity index (χ0) is 17.6. The number of sulfonamides is 1. The molecule has 2 bridgehead atoms. The number of nitrogens with zero attached hydrogens (tertiary/aromatic N) is 4. The van der Waals surface area contributed by atoms with E-state index in [1.54, 1.807) is 11.6 Å². The second-order valence-electron chi connectivity index (χ2n) is 7.35. The minimum absolute atomic E-state index is 0.0769. The fourth-order valence-electron chi connectivity index (χ4n) is 4.31. The van der Waals surface area contributed by atoms with Gasteiger partial charge >= 0.3 is 0 Å². The van der Waals surface area contributed by atoms with Crippen LogP contribution in [0, 0.1) is 17.8 Å². The number of rotatable bonds is 3. The molecule has 3 aliphatic rings. The van der Waals surface area contributed by atoms with E-state index < -0.39 is 10.0 Å². The number of aryl methyl sites for hydroxylation is 1. The van der Waals surface area contributed by atoms with Crippen LogP contribution in [-0.4, -0.2) is 59.3 Å². The van der Waals surface area contributed by atoms with Crippen LogP contribution in [0.25, 0.3) is 0 Å². The van der Waals surface area contributed by atoms with Crippen molar-refractivity contribution in [3.8, 4) is 0 Å². The van der Waals surface area contributed by atoms with Crippen molar-refractivity contribution in [1.29, 1.82) is 0 Å². The fourth-order valence-corrected chi connectivity index (χ4v) is 5.74. The Morgan fingerprint density at radius 2 is 2.00 bits per heavy atom. The summed E-state index contributed by atoms with van der Waals surface area (Å²) in [5.74, 6) is 1.24. The molecule has 0 N–H and O–H groups in total. The van der Waals surface area contributed by atoms with Gasteiger partial charge in [0.15, 0.2) is 5.03 Å². The highest BCUT2D eigenvalue weighted by molar-refractivity contribution is 7.89. The molecule has 0 aromatic carbocycles. The van der Waals surface area contributed by atoms with Crippen LogP contribution >= 0.6 is 0 Å². The Balaban J connectivity index is 1.44. The monoisotopic (exact) mass is 364 g/mol. The second kappa shape index (κ2) is 6.25. The number of hydrogen-bond acceptors (Lipinski definition) is 4. The molecule has 25 heavy (non-hydrogen) atoms. The number of aromatic nitrogens is 2. The minimum atomic E-state index is -3.59. The molecule has 7 nitrogen and oxygen atoms in total. The Labute approximate surface area is 148 Å². The molecule has 1 amide bonds. The summed E-state index contributed by atoms with van der Waals surface area (Å²) in [4.78, 5) is 18.7. The van der Waals surface area contributed by atoms with Gasteiger partial charge in [0.05, 0.1) is 6.33 Å². The predicted molar refractivity (Wildman–Crippen MR) is 92.0 cm³/mol. The van der Waals surface area contributed by atoms with Crippen LogP contribution in [0.3, 0.4) is 0 Å². The topological polar surface area (TPSA) is 75.5 Å². The minimum Gasteiger partial charge on any atom is -0.341 e. The van der Waals surface area contributed by atoms with Crippen molar-refractivity contribution < 1.29 is 13.2 Å². The Hall–Kier alpha value is -1.67. The van der Waals surface area contributed by atoms with Crippen LogP contribution in [0.5, 0.6) is 0 Å². The van der Waals surface area contributed by atoms with Crippen molar-refractivity contribution >= 4 is 15.9 Å². The Morgan fingerprint density at radius 3 is 2.64 bits per heavy atom. The van der Waals surface area contributed by atoms with E-state index in [0.29, 0.717) is 44.4 Å². The van der Waals surface area contributed by atoms with Crippen LogP contribution in [0.15, 0.2) is 29.7 Å². The van der Waals surface area contributed by atoms with Gasteiger partial charge in [-0.2, -0.15) is 4.31 Å². The lowest BCUT2D eigenvalue weighted by molar-refractivity contribution is -0.136. The third kappa shape index (κ3) is 3.01. The number of allylic oxidation sites excluding steroid dienone is 2. The zero-order valence-electron chi connectivity index (χ0n) is 14.4. The number of carbonyl (C=O) groups is 1. The van der Waals surface area contributed by atoms with Crippen LogP contribution < -0.4 is 0 Å². The first-order valence-electron chi connectivity index (χ1n) is 8.90. The van der Waals surface area contributed by atoms with E-state index >= 15 is 0 Å². The smallest absolute Gasteiger partial charge is 0.262 e. The summed E-state index contributed by atoms with van der Waals surface area (Å²) in [7, 11) is -1.84. The largest absolute Gasteiger partial charge is 0.341 e. The molecule has 2 heterocycles. The summed E-state index contributed by atoms with van der Waals surface area (Å²) >= 11 is 0. The number of imidazole rings is 1. The van der Waals surface area contributed by atoms with Gasteiger partial charge in [-0.1, -0.05) is 12.2 Å². The molecular formula is C17H24N4O3S. The highest BCUT2D eigenvalue weighted by atomic mass is 32.2. The standard InChI is InChI=1S/C17H24N4O3S/c1-19-11-16(18-12-19)25(23,24)21-6-2-5-20(7-8-21)17(22)15-10-13-3-4-14(15)9-13/h3-4,11-15H,2,5-10H2,1H3. The summed E-state index contributed by atoms with van der Waals surface area (Å²) in [5.41, 5.74) is 0. The van der Waals surface area contributed by atoms with Gasteiger partial charge in [0.25, 0.3) is 10.0 Å². The highest BCUT2D eigenvalue weighted by Gasteiger charge is 2.42. The third-order valence-electron chi connectivity index (χ3n) is 5.65. The van der Waals surface area contributed by atoms with Gasteiger partial charge in [-0.05, 0) is 31.1 Å². The van der Waals surface area contributed by atoms with Crippen molar-refractivity contribution in [2.24, 2.45) is 24.8 Å². The molecule has 0 radical (unpaired) electrons. The first kappa shape index (κ1) is 16.8. The summed E-state index contributed by atoms with van der Waals surface area (Å²) < 4.78 is 28.5. The normalized spacial score (nSPS) is 30.0. The molecule has 3 atom stereocenters. The molecule has 1 saturated heterocycles. The number of carbonyl (C=O) groups excluding carboxylic acids is 1. The molecule has 1 saturated carbocycles. The Kier molecular flexibility index (Phi) is 4.19. The number of amides is 1. The van der Waals surface area contributed by atoms with Crippen LogP contribution in [0.4, 0.5) is 0 Å². The SMILES string of the molecule is Cn1cnc(S(=O)(=O)N2CCCN(C(=O)C3CC4C=CC3C4)CC2)c1. The molecule has 136 valence electrons. The number of hydrogen-bond donors (Lipinski definition) is 0. The highest BCUT2D eigenvalue weighted by Crippen LogP contribution is 2.44. The Bertz CT molecular complexity index is 801. The van der Waals surface area contributed by atoms with Gasteiger partial charge < -0.3 is 9.47 Å². The molecule has 2 fully saturated rings. The van der Waals surface area contributed by atoms with Crippen molar-refractivity contribution in [3.05, 3.63) is 24.7 Å². The zero-order valence-corrected chi connectivity index (χ0v) is 15.2. The van der Waals surface area contributed by atoms with Crippen LogP contribution in [-0.2, 0) is 21.9 Å². The first-order chi connectivity index (χ1) is 11.9. The molecule has 1 aromatic heterocycles. The van der Waals surface area contributed by atoms with Gasteiger partial charge in [-0.3, -0.25) is 4.79 Å². The number of fused-ring (bicyclic) bond motifs is 2. The van der Waals surface area contributed by atoms with Gasteiger partial charge in [0.1, 0.15) is 0 Å². The van der Waals surface area contributed by atoms with E-state index in [4.69, 9.17) is 0 Å². The molecule has 2 aliphatic carbocycles. The quantitative estimate of drug-likeness (QED) is 0.746. The maximum Gasteiger partial charge on any atom is 0.262 e. The van der Waals surface area contributed by atoms with E-state index in [0.717, 1.165) is 12.8 Å². The van der Waals surface area contributed by atoms with Crippen molar-refractivity contribution in [1.82, 2.24) is 18.8 Å². The molecule has 8 heteroatoms. The van der Waals surface area contributed by atoms with Gasteiger partial charge in [-0.15, -0.1) is 0 Å². The van der Waals surface area contributed by atoms with E-state index in [2.05, 4.69) is 17.1 Å². The van der Waals surface area contributed by atoms with Crippen molar-refractivity contribution in [2.75, 3.05) is 26.2 Å². The molecule has 0 spiro atoms. The molecule has 4 rings (SSSR count). The average Bonchev–Trinajstić information content (AvgIpc) is 3.27. The molecular weight excluding hydrogens is 340 g/mol. The van der Waals surface area contributed by atoms with Gasteiger partial charge in [0.2, 0.25) is 5.91 Å². The van der Waals surface area contributed by atoms with Gasteiger partial charge in [0, 0.05) is 45.3 Å². The summed E-state index contributed by atoms with van der Waals surface area (Å²) in [6.45, 7) is 1.85. The van der Waals surface area contributed by atoms with E-state index in [1.165, 1.54) is 16.8 Å². The third-order valence-corrected chi connectivity index (χ3v) is 7.43. The molecule has 3 unspecified atom stereocenters. The lowest BCUT2D eigenvalue weighted by Crippen LogP contribution is -2.41. The predicted octanol–water partition coefficient (Wildman–Crippen LogP) is 0.855. The van der Waals surface area contributed by atoms with E-state index in [-0.39, 0.29) is 16.9 Å². The molecule has 1 aliphatic heterocycles. The van der Waals surface area contributed by atoms with Crippen molar-refractivity contribution in [3.63, 3.8) is 0 Å². The van der Waals surface area contributed by atoms with Crippen LogP contribution in [0.2, 0.25) is 0 Å². The lowest BCUT2D eigenvalue weighted by Gasteiger charge is -2.27. The van der Waals surface area contributed by atoms with E-state index in [1.807, 2.05) is 4.90 Å². The van der Waals surface area contributed by atoms with E-state index in [9.17, 15) is 13.2 Å². The maximum absolute atomic E-state index is 12.9. The molecule has 1 aromatic rings. The summed E-state index contributed by atoms with van der Waals surface area (Å²) in [6.07, 6.45) is 10.1. The Morgan fingerprint density at radius 1 is 1.16 bits per heavy atom. The lowest BCUT2D eigenvalue weighted by atomic mass is 9.92. The average molecular weight is 364 g/mol.